The van der Waals surface area contributed by atoms with Crippen LogP contribution in [0.4, 0.5) is 11.6 Å². The predicted octanol–water partition coefficient (Wildman–Crippen LogP) is 4.20. The summed E-state index contributed by atoms with van der Waals surface area (Å²) < 4.78 is 0. The van der Waals surface area contributed by atoms with E-state index in [0.29, 0.717) is 17.2 Å². The van der Waals surface area contributed by atoms with E-state index in [1.807, 2.05) is 43.3 Å². The molecule has 1 N–H and O–H groups in total. The van der Waals surface area contributed by atoms with Gasteiger partial charge >= 0.3 is 0 Å². The molecule has 0 spiro atoms. The Morgan fingerprint density at radius 1 is 1.08 bits per heavy atom. The first-order valence-corrected chi connectivity index (χ1v) is 7.99. The third-order valence-corrected chi connectivity index (χ3v) is 3.72. The van der Waals surface area contributed by atoms with Crippen LogP contribution in [0.15, 0.2) is 65.8 Å². The van der Waals surface area contributed by atoms with Crippen molar-refractivity contribution in [1.82, 2.24) is 9.97 Å². The summed E-state index contributed by atoms with van der Waals surface area (Å²) in [4.78, 5) is 19.3. The highest BCUT2D eigenvalue weighted by Gasteiger charge is 2.08. The molecule has 0 radical (unpaired) electrons. The van der Waals surface area contributed by atoms with E-state index in [4.69, 9.17) is 0 Å². The van der Waals surface area contributed by atoms with Gasteiger partial charge in [-0.3, -0.25) is 10.1 Å². The Morgan fingerprint density at radius 3 is 2.58 bits per heavy atom. The number of rotatable bonds is 5. The van der Waals surface area contributed by atoms with Crippen molar-refractivity contribution in [3.05, 3.63) is 82.0 Å². The second kappa shape index (κ2) is 7.52. The molecular weight excluding hydrogens is 330 g/mol. The molecule has 0 fully saturated rings. The Labute approximate surface area is 150 Å². The number of nitro benzene ring substituents is 1. The molecule has 1 heterocycles. The first kappa shape index (κ1) is 17.2. The molecule has 3 aromatic rings. The highest BCUT2D eigenvalue weighted by atomic mass is 16.6. The number of nitrogens with one attached hydrogen (secondary N) is 1. The molecule has 0 bridgehead atoms. The van der Waals surface area contributed by atoms with Gasteiger partial charge in [-0.15, -0.1) is 0 Å². The van der Waals surface area contributed by atoms with Gasteiger partial charge in [-0.1, -0.05) is 42.5 Å². The molecule has 0 aliphatic carbocycles. The number of aryl methyl sites for hydroxylation is 1. The second-order valence-electron chi connectivity index (χ2n) is 5.70. The topological polar surface area (TPSA) is 93.3 Å². The minimum atomic E-state index is -0.431. The van der Waals surface area contributed by atoms with Crippen LogP contribution in [0.2, 0.25) is 0 Å². The zero-order chi connectivity index (χ0) is 18.5. The van der Waals surface area contributed by atoms with Crippen LogP contribution in [0, 0.1) is 17.0 Å². The smallest absolute Gasteiger partial charge is 0.258 e. The van der Waals surface area contributed by atoms with Crippen molar-refractivity contribution in [1.29, 1.82) is 0 Å². The maximum absolute atomic E-state index is 10.9. The highest BCUT2D eigenvalue weighted by molar-refractivity contribution is 5.99. The van der Waals surface area contributed by atoms with E-state index < -0.39 is 4.92 Å². The predicted molar refractivity (Wildman–Crippen MR) is 101 cm³/mol. The van der Waals surface area contributed by atoms with E-state index >= 15 is 0 Å². The Balaban J connectivity index is 1.85. The minimum absolute atomic E-state index is 0.0234. The molecule has 1 aromatic heterocycles. The normalized spacial score (nSPS) is 11.2. The summed E-state index contributed by atoms with van der Waals surface area (Å²) in [5.41, 5.74) is 6.71. The lowest BCUT2D eigenvalue weighted by Gasteiger charge is -2.06. The Morgan fingerprint density at radius 2 is 1.85 bits per heavy atom. The van der Waals surface area contributed by atoms with Gasteiger partial charge < -0.3 is 0 Å². The Bertz CT molecular complexity index is 971. The lowest BCUT2D eigenvalue weighted by molar-refractivity contribution is -0.384. The van der Waals surface area contributed by atoms with Gasteiger partial charge in [0.1, 0.15) is 0 Å². The monoisotopic (exact) mass is 347 g/mol. The van der Waals surface area contributed by atoms with Crippen molar-refractivity contribution in [3.8, 4) is 11.3 Å². The van der Waals surface area contributed by atoms with Crippen LogP contribution in [0.1, 0.15) is 18.2 Å². The number of hydrogen-bond donors (Lipinski definition) is 1. The molecule has 130 valence electrons. The summed E-state index contributed by atoms with van der Waals surface area (Å²) >= 11 is 0. The summed E-state index contributed by atoms with van der Waals surface area (Å²) in [6.45, 7) is 3.65. The molecule has 0 saturated heterocycles. The lowest BCUT2D eigenvalue weighted by atomic mass is 10.1. The minimum Gasteiger partial charge on any atom is -0.258 e. The molecular formula is C19H17N5O2. The molecule has 26 heavy (non-hydrogen) atoms. The number of anilines is 1. The van der Waals surface area contributed by atoms with Gasteiger partial charge in [-0.05, 0) is 19.9 Å². The third-order valence-electron chi connectivity index (χ3n) is 3.72. The number of nitro groups is 1. The van der Waals surface area contributed by atoms with Crippen LogP contribution in [0.5, 0.6) is 0 Å². The Kier molecular flexibility index (Phi) is 4.98. The molecule has 7 nitrogen and oxygen atoms in total. The summed E-state index contributed by atoms with van der Waals surface area (Å²) in [6, 6.07) is 18.0. The van der Waals surface area contributed by atoms with Gasteiger partial charge in [0.05, 0.1) is 16.3 Å². The SMILES string of the molecule is C/C(=N\Nc1nc(C)cc(-c2ccccc2)n1)c1cccc([N+](=O)[O-])c1. The average Bonchev–Trinajstić information content (AvgIpc) is 2.66. The number of hydrazone groups is 1. The average molecular weight is 347 g/mol. The summed E-state index contributed by atoms with van der Waals surface area (Å²) in [6.07, 6.45) is 0. The van der Waals surface area contributed by atoms with Crippen LogP contribution >= 0.6 is 0 Å². The van der Waals surface area contributed by atoms with Gasteiger partial charge in [0.25, 0.3) is 5.69 Å². The summed E-state index contributed by atoms with van der Waals surface area (Å²) in [5.74, 6) is 0.369. The largest absolute Gasteiger partial charge is 0.270 e. The number of benzene rings is 2. The van der Waals surface area contributed by atoms with Crippen molar-refractivity contribution in [3.63, 3.8) is 0 Å². The van der Waals surface area contributed by atoms with Crippen LogP contribution in [0.3, 0.4) is 0 Å². The highest BCUT2D eigenvalue weighted by Crippen LogP contribution is 2.19. The number of nitrogens with zero attached hydrogens (tertiary/aromatic N) is 4. The number of hydrogen-bond acceptors (Lipinski definition) is 6. The standard InChI is InChI=1S/C19H17N5O2/c1-13-11-18(15-7-4-3-5-8-15)21-19(20-13)23-22-14(2)16-9-6-10-17(12-16)24(25)26/h3-12H,1-2H3,(H,20,21,23)/b22-14+. The van der Waals surface area contributed by atoms with Gasteiger partial charge in [-0.2, -0.15) is 5.10 Å². The Hall–Kier alpha value is -3.61. The fraction of sp³-hybridized carbons (Fsp3) is 0.105. The molecule has 2 aromatic carbocycles. The van der Waals surface area contributed by atoms with Crippen LogP contribution < -0.4 is 5.43 Å². The van der Waals surface area contributed by atoms with E-state index in [1.54, 1.807) is 19.1 Å². The van der Waals surface area contributed by atoms with Crippen molar-refractivity contribution < 1.29 is 4.92 Å². The molecule has 0 saturated carbocycles. The van der Waals surface area contributed by atoms with E-state index in [1.165, 1.54) is 12.1 Å². The van der Waals surface area contributed by atoms with Crippen LogP contribution in [-0.4, -0.2) is 20.6 Å². The fourth-order valence-corrected chi connectivity index (χ4v) is 2.42. The first-order chi connectivity index (χ1) is 12.5. The van der Waals surface area contributed by atoms with E-state index in [-0.39, 0.29) is 5.69 Å². The fourth-order valence-electron chi connectivity index (χ4n) is 2.42. The van der Waals surface area contributed by atoms with Gasteiger partial charge in [0, 0.05) is 29.0 Å². The van der Waals surface area contributed by atoms with Crippen molar-refractivity contribution >= 4 is 17.3 Å². The number of non-ortho nitro benzene ring substituents is 1. The van der Waals surface area contributed by atoms with Crippen molar-refractivity contribution in [2.45, 2.75) is 13.8 Å². The van der Waals surface area contributed by atoms with Crippen LogP contribution in [0.25, 0.3) is 11.3 Å². The van der Waals surface area contributed by atoms with Crippen molar-refractivity contribution in [2.75, 3.05) is 5.43 Å². The lowest BCUT2D eigenvalue weighted by Crippen LogP contribution is -2.04. The van der Waals surface area contributed by atoms with E-state index in [0.717, 1.165) is 17.0 Å². The van der Waals surface area contributed by atoms with E-state index in [9.17, 15) is 10.1 Å². The second-order valence-corrected chi connectivity index (χ2v) is 5.70. The maximum atomic E-state index is 10.9. The molecule has 0 aliphatic rings. The van der Waals surface area contributed by atoms with Gasteiger partial charge in [-0.25, -0.2) is 15.4 Å². The summed E-state index contributed by atoms with van der Waals surface area (Å²) in [7, 11) is 0. The summed E-state index contributed by atoms with van der Waals surface area (Å²) in [5, 5.41) is 15.2. The van der Waals surface area contributed by atoms with Gasteiger partial charge in [0.2, 0.25) is 5.95 Å². The third kappa shape index (κ3) is 4.07. The molecule has 0 aliphatic heterocycles. The maximum Gasteiger partial charge on any atom is 0.270 e. The zero-order valence-corrected chi connectivity index (χ0v) is 14.4. The molecule has 0 atom stereocenters. The zero-order valence-electron chi connectivity index (χ0n) is 14.4. The molecule has 0 unspecified atom stereocenters. The van der Waals surface area contributed by atoms with E-state index in [2.05, 4.69) is 20.5 Å². The molecule has 0 amide bonds. The number of aromatic nitrogens is 2. The van der Waals surface area contributed by atoms with Gasteiger partial charge in [0.15, 0.2) is 0 Å². The quantitative estimate of drug-likeness (QED) is 0.424. The molecule has 7 heteroatoms. The molecule has 3 rings (SSSR count). The van der Waals surface area contributed by atoms with Crippen LogP contribution in [-0.2, 0) is 0 Å². The van der Waals surface area contributed by atoms with Crippen molar-refractivity contribution in [2.24, 2.45) is 5.10 Å². The first-order valence-electron chi connectivity index (χ1n) is 7.99.